The first-order valence-electron chi connectivity index (χ1n) is 8.55. The summed E-state index contributed by atoms with van der Waals surface area (Å²) in [4.78, 5) is 25.1. The molecule has 1 N–H and O–H groups in total. The highest BCUT2D eigenvalue weighted by Gasteiger charge is 2.20. The Kier molecular flexibility index (Phi) is 4.01. The molecule has 3 aromatic rings. The van der Waals surface area contributed by atoms with Crippen LogP contribution in [-0.2, 0) is 24.2 Å². The van der Waals surface area contributed by atoms with Gasteiger partial charge < -0.3 is 9.88 Å². The maximum atomic E-state index is 12.8. The van der Waals surface area contributed by atoms with E-state index in [9.17, 15) is 9.59 Å². The molecule has 0 saturated heterocycles. The van der Waals surface area contributed by atoms with Gasteiger partial charge in [-0.25, -0.2) is 4.52 Å². The largest absolute Gasteiger partial charge is 0.324 e. The quantitative estimate of drug-likeness (QED) is 0.783. The van der Waals surface area contributed by atoms with Crippen molar-refractivity contribution in [2.45, 2.75) is 32.2 Å². The molecule has 0 aliphatic heterocycles. The van der Waals surface area contributed by atoms with Gasteiger partial charge in [0.2, 0.25) is 5.91 Å². The van der Waals surface area contributed by atoms with Gasteiger partial charge in [0.25, 0.3) is 5.56 Å². The number of hydrogen-bond donors (Lipinski definition) is 1. The van der Waals surface area contributed by atoms with E-state index in [1.807, 2.05) is 6.07 Å². The van der Waals surface area contributed by atoms with E-state index in [-0.39, 0.29) is 18.0 Å². The van der Waals surface area contributed by atoms with Gasteiger partial charge in [0, 0.05) is 23.6 Å². The zero-order chi connectivity index (χ0) is 18.1. The highest BCUT2D eigenvalue weighted by atomic mass is 16.2. The van der Waals surface area contributed by atoms with Crippen LogP contribution in [0.4, 0.5) is 5.69 Å². The molecule has 0 atom stereocenters. The van der Waals surface area contributed by atoms with Gasteiger partial charge in [0.05, 0.1) is 17.3 Å². The number of carbonyl (C=O) groups is 1. The molecular formula is C19H17N5O2. The van der Waals surface area contributed by atoms with Crippen molar-refractivity contribution in [2.75, 3.05) is 5.32 Å². The third kappa shape index (κ3) is 2.86. The van der Waals surface area contributed by atoms with Gasteiger partial charge in [-0.05, 0) is 43.9 Å². The van der Waals surface area contributed by atoms with Gasteiger partial charge in [-0.3, -0.25) is 9.59 Å². The van der Waals surface area contributed by atoms with Gasteiger partial charge in [-0.2, -0.15) is 10.4 Å². The van der Waals surface area contributed by atoms with Crippen molar-refractivity contribution in [3.63, 3.8) is 0 Å². The molecule has 2 heterocycles. The molecule has 1 aliphatic rings. The molecule has 130 valence electrons. The lowest BCUT2D eigenvalue weighted by Gasteiger charge is -2.10. The minimum atomic E-state index is -0.320. The number of amides is 1. The number of aryl methyl sites for hydroxylation is 2. The van der Waals surface area contributed by atoms with E-state index < -0.39 is 0 Å². The first kappa shape index (κ1) is 16.1. The average Bonchev–Trinajstić information content (AvgIpc) is 3.03. The molecule has 2 aromatic heterocycles. The molecule has 0 fully saturated rings. The Labute approximate surface area is 149 Å². The molecule has 0 saturated carbocycles. The smallest absolute Gasteiger partial charge is 0.277 e. The number of fused-ring (bicyclic) bond motifs is 3. The summed E-state index contributed by atoms with van der Waals surface area (Å²) in [5.41, 5.74) is 3.37. The molecule has 7 heteroatoms. The molecule has 1 amide bonds. The summed E-state index contributed by atoms with van der Waals surface area (Å²) in [6.45, 7) is -0.0912. The minimum absolute atomic E-state index is 0.0912. The number of nitriles is 1. The molecule has 0 unspecified atom stereocenters. The van der Waals surface area contributed by atoms with E-state index >= 15 is 0 Å². The lowest BCUT2D eigenvalue weighted by molar-refractivity contribution is -0.116. The third-order valence-corrected chi connectivity index (χ3v) is 4.62. The van der Waals surface area contributed by atoms with Crippen molar-refractivity contribution in [2.24, 2.45) is 0 Å². The van der Waals surface area contributed by atoms with E-state index in [0.29, 0.717) is 16.8 Å². The second-order valence-electron chi connectivity index (χ2n) is 6.40. The summed E-state index contributed by atoms with van der Waals surface area (Å²) in [5, 5.41) is 16.1. The highest BCUT2D eigenvalue weighted by Crippen LogP contribution is 2.22. The van der Waals surface area contributed by atoms with Crippen LogP contribution < -0.4 is 10.9 Å². The number of nitrogens with zero attached hydrogens (tertiary/aromatic N) is 4. The first-order valence-corrected chi connectivity index (χ1v) is 8.55. The molecule has 0 radical (unpaired) electrons. The summed E-state index contributed by atoms with van der Waals surface area (Å²) in [7, 11) is 0. The van der Waals surface area contributed by atoms with Crippen LogP contribution in [0.25, 0.3) is 5.52 Å². The molecule has 0 spiro atoms. The Morgan fingerprint density at radius 3 is 2.96 bits per heavy atom. The van der Waals surface area contributed by atoms with Crippen molar-refractivity contribution < 1.29 is 4.79 Å². The lowest BCUT2D eigenvalue weighted by atomic mass is 9.97. The number of carbonyl (C=O) groups excluding carboxylic acids is 1. The molecule has 1 aliphatic carbocycles. The Bertz CT molecular complexity index is 1100. The Balaban J connectivity index is 1.61. The third-order valence-electron chi connectivity index (χ3n) is 4.62. The summed E-state index contributed by atoms with van der Waals surface area (Å²) in [6, 6.07) is 8.69. The van der Waals surface area contributed by atoms with Gasteiger partial charge in [-0.1, -0.05) is 6.07 Å². The van der Waals surface area contributed by atoms with Crippen molar-refractivity contribution in [1.29, 1.82) is 5.26 Å². The van der Waals surface area contributed by atoms with Crippen molar-refractivity contribution in [1.82, 2.24) is 14.2 Å². The molecule has 1 aromatic carbocycles. The van der Waals surface area contributed by atoms with Gasteiger partial charge in [0.1, 0.15) is 12.1 Å². The van der Waals surface area contributed by atoms with E-state index in [0.717, 1.165) is 36.9 Å². The molecule has 0 bridgehead atoms. The van der Waals surface area contributed by atoms with Gasteiger partial charge >= 0.3 is 0 Å². The Morgan fingerprint density at radius 1 is 1.27 bits per heavy atom. The fourth-order valence-electron chi connectivity index (χ4n) is 3.40. The summed E-state index contributed by atoms with van der Waals surface area (Å²) < 4.78 is 3.03. The monoisotopic (exact) mass is 347 g/mol. The zero-order valence-electron chi connectivity index (χ0n) is 14.1. The number of rotatable bonds is 3. The highest BCUT2D eigenvalue weighted by molar-refractivity contribution is 5.90. The Hall–Kier alpha value is -3.40. The van der Waals surface area contributed by atoms with Gasteiger partial charge in [-0.15, -0.1) is 0 Å². The number of nitrogens with one attached hydrogen (secondary N) is 1. The van der Waals surface area contributed by atoms with E-state index in [1.165, 1.54) is 4.57 Å². The fourth-order valence-corrected chi connectivity index (χ4v) is 3.40. The van der Waals surface area contributed by atoms with Crippen LogP contribution in [0.5, 0.6) is 0 Å². The maximum absolute atomic E-state index is 12.8. The molecule has 26 heavy (non-hydrogen) atoms. The molecule has 4 rings (SSSR count). The Morgan fingerprint density at radius 2 is 2.12 bits per heavy atom. The van der Waals surface area contributed by atoms with Crippen LogP contribution >= 0.6 is 0 Å². The fraction of sp³-hybridized carbons (Fsp3) is 0.263. The number of aromatic nitrogens is 3. The van der Waals surface area contributed by atoms with Crippen LogP contribution in [0.1, 0.15) is 29.7 Å². The van der Waals surface area contributed by atoms with Crippen molar-refractivity contribution >= 4 is 17.1 Å². The lowest BCUT2D eigenvalue weighted by Crippen LogP contribution is -2.28. The van der Waals surface area contributed by atoms with Crippen molar-refractivity contribution in [3.05, 3.63) is 63.8 Å². The average molecular weight is 347 g/mol. The summed E-state index contributed by atoms with van der Waals surface area (Å²) in [5.74, 6) is -0.320. The van der Waals surface area contributed by atoms with Crippen LogP contribution in [0.3, 0.4) is 0 Å². The SMILES string of the molecule is N#Cc1cccc(NC(=O)Cn2ccn3nc4c(c3c2=O)CCCC4)c1. The van der Waals surface area contributed by atoms with E-state index in [4.69, 9.17) is 5.26 Å². The number of hydrogen-bond acceptors (Lipinski definition) is 4. The van der Waals surface area contributed by atoms with Crippen LogP contribution in [0.15, 0.2) is 41.5 Å². The molecular weight excluding hydrogens is 330 g/mol. The van der Waals surface area contributed by atoms with Crippen molar-refractivity contribution in [3.8, 4) is 6.07 Å². The number of anilines is 1. The first-order chi connectivity index (χ1) is 12.7. The predicted octanol–water partition coefficient (Wildman–Crippen LogP) is 1.89. The standard InChI is InChI=1S/C19H17N5O2/c20-11-13-4-3-5-14(10-13)21-17(25)12-23-8-9-24-18(19(23)26)15-6-1-2-7-16(15)22-24/h3-5,8-10H,1-2,6-7,12H2,(H,21,25). The second kappa shape index (κ2) is 6.48. The predicted molar refractivity (Wildman–Crippen MR) is 95.9 cm³/mol. The normalized spacial score (nSPS) is 13.2. The van der Waals surface area contributed by atoms with E-state index in [1.54, 1.807) is 41.2 Å². The minimum Gasteiger partial charge on any atom is -0.324 e. The summed E-state index contributed by atoms with van der Waals surface area (Å²) >= 11 is 0. The molecule has 7 nitrogen and oxygen atoms in total. The topological polar surface area (TPSA) is 92.2 Å². The second-order valence-corrected chi connectivity index (χ2v) is 6.40. The maximum Gasteiger partial charge on any atom is 0.277 e. The van der Waals surface area contributed by atoms with Gasteiger partial charge in [0.15, 0.2) is 0 Å². The van der Waals surface area contributed by atoms with Crippen LogP contribution in [-0.4, -0.2) is 20.1 Å². The van der Waals surface area contributed by atoms with E-state index in [2.05, 4.69) is 10.4 Å². The summed E-state index contributed by atoms with van der Waals surface area (Å²) in [6.07, 6.45) is 7.20. The zero-order valence-corrected chi connectivity index (χ0v) is 14.1. The number of benzene rings is 1. The van der Waals surface area contributed by atoms with Crippen LogP contribution in [0, 0.1) is 11.3 Å². The van der Waals surface area contributed by atoms with Crippen LogP contribution in [0.2, 0.25) is 0 Å².